The summed E-state index contributed by atoms with van der Waals surface area (Å²) in [5, 5.41) is 4.55. The number of aryl methyl sites for hydroxylation is 1. The summed E-state index contributed by atoms with van der Waals surface area (Å²) in [7, 11) is 1.69. The minimum atomic E-state index is -0.767. The van der Waals surface area contributed by atoms with Crippen LogP contribution in [0.1, 0.15) is 30.2 Å². The summed E-state index contributed by atoms with van der Waals surface area (Å²) in [5.41, 5.74) is 4.39. The van der Waals surface area contributed by atoms with Gasteiger partial charge in [-0.1, -0.05) is 23.4 Å². The topological polar surface area (TPSA) is 51.9 Å². The van der Waals surface area contributed by atoms with Crippen LogP contribution in [0.3, 0.4) is 0 Å². The van der Waals surface area contributed by atoms with Crippen LogP contribution in [0.5, 0.6) is 5.75 Å². The van der Waals surface area contributed by atoms with E-state index in [1.54, 1.807) is 25.6 Å². The molecule has 0 radical (unpaired) electrons. The van der Waals surface area contributed by atoms with E-state index in [2.05, 4.69) is 33.2 Å². The molecule has 180 valence electrons. The van der Waals surface area contributed by atoms with E-state index in [1.165, 1.54) is 12.1 Å². The predicted molar refractivity (Wildman–Crippen MR) is 136 cm³/mol. The first-order valence-corrected chi connectivity index (χ1v) is 12.8. The Morgan fingerprint density at radius 2 is 1.97 bits per heavy atom. The lowest BCUT2D eigenvalue weighted by Crippen LogP contribution is -2.57. The predicted octanol–water partition coefficient (Wildman–Crippen LogP) is 5.37. The lowest BCUT2D eigenvalue weighted by atomic mass is 9.78. The summed E-state index contributed by atoms with van der Waals surface area (Å²) in [4.78, 5) is 12.7. The highest BCUT2D eigenvalue weighted by Crippen LogP contribution is 2.51. The van der Waals surface area contributed by atoms with Gasteiger partial charge >= 0.3 is 0 Å². The van der Waals surface area contributed by atoms with Crippen molar-refractivity contribution in [1.82, 2.24) is 14.5 Å². The third-order valence-corrected chi connectivity index (χ3v) is 8.79. The molecule has 0 bridgehead atoms. The lowest BCUT2D eigenvalue weighted by Gasteiger charge is -2.51. The second kappa shape index (κ2) is 8.16. The standard InChI is InChI=1S/C27H27FN4O2S/c1-18-13-31(17-29-18)23-9-4-19(11-24(23)33-3)10-20-12-27(15-35-16-27)14-32-25(20)30-34-26(32,2)21-5-7-22(28)8-6-21/h4-11,13,17H,12,14-16H2,1-3H3. The first-order valence-electron chi connectivity index (χ1n) is 11.7. The zero-order valence-electron chi connectivity index (χ0n) is 20.0. The highest BCUT2D eigenvalue weighted by Gasteiger charge is 2.54. The molecule has 1 atom stereocenters. The van der Waals surface area contributed by atoms with Crippen molar-refractivity contribution in [2.75, 3.05) is 25.2 Å². The number of methoxy groups -OCH3 is 1. The normalized spacial score (nSPS) is 23.6. The molecule has 0 saturated carbocycles. The monoisotopic (exact) mass is 490 g/mol. The van der Waals surface area contributed by atoms with Crippen molar-refractivity contribution < 1.29 is 14.0 Å². The van der Waals surface area contributed by atoms with Crippen LogP contribution < -0.4 is 4.74 Å². The number of rotatable bonds is 4. The van der Waals surface area contributed by atoms with E-state index in [0.29, 0.717) is 0 Å². The zero-order chi connectivity index (χ0) is 24.2. The molecule has 3 aliphatic rings. The van der Waals surface area contributed by atoms with Crippen LogP contribution in [0.2, 0.25) is 0 Å². The highest BCUT2D eigenvalue weighted by atomic mass is 32.2. The van der Waals surface area contributed by atoms with E-state index in [1.807, 2.05) is 42.4 Å². The van der Waals surface area contributed by atoms with Crippen LogP contribution in [0.15, 0.2) is 65.7 Å². The Labute approximate surface area is 208 Å². The van der Waals surface area contributed by atoms with Crippen molar-refractivity contribution in [2.24, 2.45) is 10.6 Å². The molecule has 6 rings (SSSR count). The number of aromatic nitrogens is 2. The molecule has 1 aromatic heterocycles. The van der Waals surface area contributed by atoms with Gasteiger partial charge in [0.05, 0.1) is 24.8 Å². The minimum Gasteiger partial charge on any atom is -0.495 e. The summed E-state index contributed by atoms with van der Waals surface area (Å²) in [6.07, 6.45) is 6.92. The molecule has 3 aliphatic heterocycles. The molecular formula is C27H27FN4O2S. The Hall–Kier alpha value is -3.26. The molecule has 3 aromatic rings. The Balaban J connectivity index is 1.37. The van der Waals surface area contributed by atoms with E-state index >= 15 is 0 Å². The van der Waals surface area contributed by atoms with Crippen molar-refractivity contribution in [3.05, 3.63) is 83.2 Å². The van der Waals surface area contributed by atoms with Gasteiger partial charge in [0.2, 0.25) is 5.72 Å². The second-order valence-electron chi connectivity index (χ2n) is 9.77. The van der Waals surface area contributed by atoms with Gasteiger partial charge in [0.25, 0.3) is 0 Å². The quantitative estimate of drug-likeness (QED) is 0.492. The van der Waals surface area contributed by atoms with Crippen LogP contribution in [0, 0.1) is 18.2 Å². The number of piperidine rings is 1. The highest BCUT2D eigenvalue weighted by molar-refractivity contribution is 8.00. The average Bonchev–Trinajstić information content (AvgIpc) is 3.42. The minimum absolute atomic E-state index is 0.183. The Kier molecular flexibility index (Phi) is 5.18. The largest absolute Gasteiger partial charge is 0.495 e. The van der Waals surface area contributed by atoms with E-state index < -0.39 is 5.72 Å². The smallest absolute Gasteiger partial charge is 0.234 e. The van der Waals surface area contributed by atoms with Crippen molar-refractivity contribution in [3.8, 4) is 11.4 Å². The van der Waals surface area contributed by atoms with Crippen molar-refractivity contribution in [2.45, 2.75) is 26.0 Å². The maximum atomic E-state index is 13.6. The molecule has 0 aliphatic carbocycles. The maximum Gasteiger partial charge on any atom is 0.234 e. The molecule has 4 heterocycles. The number of imidazole rings is 1. The van der Waals surface area contributed by atoms with Gasteiger partial charge < -0.3 is 19.0 Å². The number of fused-ring (bicyclic) bond motifs is 1. The van der Waals surface area contributed by atoms with Crippen LogP contribution >= 0.6 is 11.8 Å². The number of hydrogen-bond acceptors (Lipinski definition) is 6. The van der Waals surface area contributed by atoms with Gasteiger partial charge in [-0.15, -0.1) is 0 Å². The molecule has 0 amide bonds. The molecule has 2 fully saturated rings. The summed E-state index contributed by atoms with van der Waals surface area (Å²) in [6.45, 7) is 4.85. The number of nitrogens with zero attached hydrogens (tertiary/aromatic N) is 4. The fourth-order valence-electron chi connectivity index (χ4n) is 5.18. The number of amidine groups is 1. The Morgan fingerprint density at radius 1 is 1.17 bits per heavy atom. The van der Waals surface area contributed by atoms with E-state index in [4.69, 9.17) is 9.57 Å². The Bertz CT molecular complexity index is 1350. The van der Waals surface area contributed by atoms with Gasteiger partial charge in [0, 0.05) is 42.1 Å². The molecule has 1 unspecified atom stereocenters. The summed E-state index contributed by atoms with van der Waals surface area (Å²) >= 11 is 1.98. The lowest BCUT2D eigenvalue weighted by molar-refractivity contribution is -0.100. The maximum absolute atomic E-state index is 13.6. The molecule has 8 heteroatoms. The van der Waals surface area contributed by atoms with Gasteiger partial charge in [-0.3, -0.25) is 0 Å². The number of ether oxygens (including phenoxy) is 1. The molecule has 1 spiro atoms. The summed E-state index contributed by atoms with van der Waals surface area (Å²) in [5.74, 6) is 3.59. The number of hydrogen-bond donors (Lipinski definition) is 0. The van der Waals surface area contributed by atoms with Gasteiger partial charge in [-0.05, 0) is 54.8 Å². The molecular weight excluding hydrogens is 463 g/mol. The third kappa shape index (κ3) is 3.71. The zero-order valence-corrected chi connectivity index (χ0v) is 20.8. The number of oxime groups is 1. The summed E-state index contributed by atoms with van der Waals surface area (Å²) in [6, 6.07) is 12.7. The molecule has 0 N–H and O–H groups in total. The van der Waals surface area contributed by atoms with E-state index in [9.17, 15) is 4.39 Å². The molecule has 6 nitrogen and oxygen atoms in total. The molecule has 35 heavy (non-hydrogen) atoms. The fraction of sp³-hybridized carbons (Fsp3) is 0.333. The summed E-state index contributed by atoms with van der Waals surface area (Å²) < 4.78 is 21.3. The SMILES string of the molecule is COc1cc(C=C2CC3(CSC3)CN3C2=NOC3(C)c2ccc(F)cc2)ccc1-n1cnc(C)c1. The first kappa shape index (κ1) is 22.2. The Morgan fingerprint density at radius 3 is 2.63 bits per heavy atom. The number of benzene rings is 2. The van der Waals surface area contributed by atoms with Gasteiger partial charge in [-0.25, -0.2) is 9.37 Å². The van der Waals surface area contributed by atoms with Gasteiger partial charge in [-0.2, -0.15) is 11.8 Å². The van der Waals surface area contributed by atoms with E-state index in [0.717, 1.165) is 64.1 Å². The second-order valence-corrected chi connectivity index (χ2v) is 10.8. The first-order chi connectivity index (χ1) is 16.9. The van der Waals surface area contributed by atoms with Gasteiger partial charge in [0.15, 0.2) is 5.84 Å². The number of thioether (sulfide) groups is 1. The fourth-order valence-corrected chi connectivity index (χ4v) is 6.35. The van der Waals surface area contributed by atoms with Crippen molar-refractivity contribution >= 4 is 23.7 Å². The average molecular weight is 491 g/mol. The van der Waals surface area contributed by atoms with Crippen molar-refractivity contribution in [1.29, 1.82) is 0 Å². The molecule has 2 saturated heterocycles. The third-order valence-electron chi connectivity index (χ3n) is 7.16. The van der Waals surface area contributed by atoms with Crippen LogP contribution in [0.4, 0.5) is 4.39 Å². The van der Waals surface area contributed by atoms with Crippen LogP contribution in [-0.2, 0) is 10.6 Å². The van der Waals surface area contributed by atoms with E-state index in [-0.39, 0.29) is 11.2 Å². The van der Waals surface area contributed by atoms with Gasteiger partial charge in [0.1, 0.15) is 11.6 Å². The molecule has 2 aromatic carbocycles. The van der Waals surface area contributed by atoms with Crippen LogP contribution in [-0.4, -0.2) is 45.4 Å². The van der Waals surface area contributed by atoms with Crippen molar-refractivity contribution in [3.63, 3.8) is 0 Å². The van der Waals surface area contributed by atoms with Crippen LogP contribution in [0.25, 0.3) is 11.8 Å². The number of halogens is 1.